The van der Waals surface area contributed by atoms with Gasteiger partial charge < -0.3 is 9.47 Å². The Bertz CT molecular complexity index is 437. The lowest BCUT2D eigenvalue weighted by atomic mass is 9.75. The van der Waals surface area contributed by atoms with Crippen LogP contribution in [0.3, 0.4) is 0 Å². The molecule has 1 aliphatic rings. The second-order valence-electron chi connectivity index (χ2n) is 6.54. The minimum absolute atomic E-state index is 0.00840. The Hall–Kier alpha value is -0.540. The largest absolute Gasteiger partial charge is 0.497 e. The molecular weight excluding hydrogens is 328 g/mol. The van der Waals surface area contributed by atoms with E-state index in [1.807, 2.05) is 12.1 Å². The Labute approximate surface area is 137 Å². The van der Waals surface area contributed by atoms with E-state index < -0.39 is 0 Å². The van der Waals surface area contributed by atoms with Gasteiger partial charge in [0.15, 0.2) is 0 Å². The molecular formula is C18H27BrO2. The number of hydrogen-bond donors (Lipinski definition) is 0. The second-order valence-corrected chi connectivity index (χ2v) is 7.10. The molecule has 0 aliphatic heterocycles. The first kappa shape index (κ1) is 16.8. The lowest BCUT2D eigenvalue weighted by Gasteiger charge is -2.40. The van der Waals surface area contributed by atoms with Crippen molar-refractivity contribution in [1.29, 1.82) is 0 Å². The molecule has 0 heterocycles. The number of hydrogen-bond acceptors (Lipinski definition) is 2. The highest BCUT2D eigenvalue weighted by atomic mass is 79.9. The third kappa shape index (κ3) is 4.46. The van der Waals surface area contributed by atoms with Crippen LogP contribution in [0.5, 0.6) is 5.75 Å². The summed E-state index contributed by atoms with van der Waals surface area (Å²) in [6.45, 7) is 5.33. The standard InChI is InChI=1S/C18H27BrO2/c1-14(2)16-7-9-18(13-19,10-8-16)21-12-15-5-4-6-17(11-15)20-3/h4-6,11,14,16H,7-10,12-13H2,1-3H3. The first-order valence-corrected chi connectivity index (χ1v) is 9.03. The van der Waals surface area contributed by atoms with Gasteiger partial charge in [0.25, 0.3) is 0 Å². The molecule has 1 aliphatic carbocycles. The molecule has 0 radical (unpaired) electrons. The average molecular weight is 355 g/mol. The molecule has 0 N–H and O–H groups in total. The molecule has 1 aromatic carbocycles. The fraction of sp³-hybridized carbons (Fsp3) is 0.667. The van der Waals surface area contributed by atoms with E-state index in [4.69, 9.17) is 9.47 Å². The smallest absolute Gasteiger partial charge is 0.119 e. The average Bonchev–Trinajstić information content (AvgIpc) is 2.53. The maximum Gasteiger partial charge on any atom is 0.119 e. The lowest BCUT2D eigenvalue weighted by Crippen LogP contribution is -2.39. The zero-order chi connectivity index (χ0) is 15.3. The minimum Gasteiger partial charge on any atom is -0.497 e. The molecule has 0 saturated heterocycles. The van der Waals surface area contributed by atoms with Crippen LogP contribution in [0.4, 0.5) is 0 Å². The van der Waals surface area contributed by atoms with Crippen LogP contribution < -0.4 is 4.74 Å². The topological polar surface area (TPSA) is 18.5 Å². The summed E-state index contributed by atoms with van der Waals surface area (Å²) < 4.78 is 11.6. The van der Waals surface area contributed by atoms with Gasteiger partial charge in [-0.2, -0.15) is 0 Å². The Morgan fingerprint density at radius 2 is 2.00 bits per heavy atom. The van der Waals surface area contributed by atoms with Gasteiger partial charge in [-0.05, 0) is 55.2 Å². The van der Waals surface area contributed by atoms with Crippen LogP contribution in [0.25, 0.3) is 0 Å². The van der Waals surface area contributed by atoms with Crippen molar-refractivity contribution in [3.8, 4) is 5.75 Å². The maximum atomic E-state index is 6.33. The van der Waals surface area contributed by atoms with Gasteiger partial charge in [0, 0.05) is 5.33 Å². The Kier molecular flexibility index (Phi) is 6.12. The molecule has 0 aromatic heterocycles. The molecule has 2 nitrogen and oxygen atoms in total. The highest BCUT2D eigenvalue weighted by Gasteiger charge is 2.36. The van der Waals surface area contributed by atoms with E-state index in [9.17, 15) is 0 Å². The summed E-state index contributed by atoms with van der Waals surface area (Å²) in [6.07, 6.45) is 4.87. The highest BCUT2D eigenvalue weighted by Crippen LogP contribution is 2.39. The van der Waals surface area contributed by atoms with Crippen LogP contribution in [-0.4, -0.2) is 18.0 Å². The van der Waals surface area contributed by atoms with Gasteiger partial charge in [-0.25, -0.2) is 0 Å². The van der Waals surface area contributed by atoms with Gasteiger partial charge in [-0.15, -0.1) is 0 Å². The van der Waals surface area contributed by atoms with Gasteiger partial charge in [-0.3, -0.25) is 0 Å². The molecule has 21 heavy (non-hydrogen) atoms. The first-order valence-electron chi connectivity index (χ1n) is 7.91. The third-order valence-corrected chi connectivity index (χ3v) is 5.83. The van der Waals surface area contributed by atoms with E-state index in [0.717, 1.165) is 35.8 Å². The fourth-order valence-electron chi connectivity index (χ4n) is 3.15. The quantitative estimate of drug-likeness (QED) is 0.654. The van der Waals surface area contributed by atoms with Crippen molar-refractivity contribution in [3.63, 3.8) is 0 Å². The van der Waals surface area contributed by atoms with Crippen molar-refractivity contribution in [2.24, 2.45) is 11.8 Å². The van der Waals surface area contributed by atoms with E-state index >= 15 is 0 Å². The minimum atomic E-state index is 0.00840. The van der Waals surface area contributed by atoms with E-state index in [0.29, 0.717) is 6.61 Å². The fourth-order valence-corrected chi connectivity index (χ4v) is 3.87. The summed E-state index contributed by atoms with van der Waals surface area (Å²) in [5, 5.41) is 0.925. The Morgan fingerprint density at radius 3 is 2.57 bits per heavy atom. The zero-order valence-corrected chi connectivity index (χ0v) is 15.0. The Morgan fingerprint density at radius 1 is 1.29 bits per heavy atom. The van der Waals surface area contributed by atoms with Gasteiger partial charge in [0.1, 0.15) is 5.75 Å². The monoisotopic (exact) mass is 354 g/mol. The van der Waals surface area contributed by atoms with Crippen molar-refractivity contribution in [1.82, 2.24) is 0 Å². The van der Waals surface area contributed by atoms with E-state index in [1.165, 1.54) is 18.4 Å². The molecule has 0 bridgehead atoms. The molecule has 0 spiro atoms. The number of benzene rings is 1. The van der Waals surface area contributed by atoms with E-state index in [1.54, 1.807) is 7.11 Å². The summed E-state index contributed by atoms with van der Waals surface area (Å²) >= 11 is 3.68. The lowest BCUT2D eigenvalue weighted by molar-refractivity contribution is -0.0732. The van der Waals surface area contributed by atoms with Gasteiger partial charge in [-0.1, -0.05) is 41.9 Å². The van der Waals surface area contributed by atoms with Crippen LogP contribution in [0, 0.1) is 11.8 Å². The molecule has 0 amide bonds. The first-order chi connectivity index (χ1) is 10.1. The maximum absolute atomic E-state index is 6.33. The molecule has 1 aromatic rings. The van der Waals surface area contributed by atoms with E-state index in [-0.39, 0.29) is 5.60 Å². The normalized spacial score (nSPS) is 26.0. The Balaban J connectivity index is 1.93. The predicted octanol–water partition coefficient (Wildman–Crippen LogP) is 5.19. The molecule has 1 fully saturated rings. The predicted molar refractivity (Wildman–Crippen MR) is 91.1 cm³/mol. The summed E-state index contributed by atoms with van der Waals surface area (Å²) in [7, 11) is 1.70. The highest BCUT2D eigenvalue weighted by molar-refractivity contribution is 9.09. The third-order valence-electron chi connectivity index (χ3n) is 4.81. The second kappa shape index (κ2) is 7.64. The summed E-state index contributed by atoms with van der Waals surface area (Å²) in [6, 6.07) is 8.15. The number of ether oxygens (including phenoxy) is 2. The van der Waals surface area contributed by atoms with Crippen molar-refractivity contribution < 1.29 is 9.47 Å². The van der Waals surface area contributed by atoms with Gasteiger partial charge >= 0.3 is 0 Å². The number of halogens is 1. The van der Waals surface area contributed by atoms with Crippen LogP contribution in [0.15, 0.2) is 24.3 Å². The van der Waals surface area contributed by atoms with Gasteiger partial charge in [0.2, 0.25) is 0 Å². The van der Waals surface area contributed by atoms with Crippen molar-refractivity contribution in [2.45, 2.75) is 51.7 Å². The van der Waals surface area contributed by atoms with Crippen molar-refractivity contribution in [3.05, 3.63) is 29.8 Å². The van der Waals surface area contributed by atoms with E-state index in [2.05, 4.69) is 41.9 Å². The molecule has 0 atom stereocenters. The molecule has 3 heteroatoms. The van der Waals surface area contributed by atoms with Crippen LogP contribution >= 0.6 is 15.9 Å². The van der Waals surface area contributed by atoms with Gasteiger partial charge in [0.05, 0.1) is 19.3 Å². The number of rotatable bonds is 6. The molecule has 1 saturated carbocycles. The zero-order valence-electron chi connectivity index (χ0n) is 13.4. The summed E-state index contributed by atoms with van der Waals surface area (Å²) in [5.41, 5.74) is 1.19. The molecule has 0 unspecified atom stereocenters. The number of methoxy groups -OCH3 is 1. The van der Waals surface area contributed by atoms with Crippen molar-refractivity contribution >= 4 is 15.9 Å². The van der Waals surface area contributed by atoms with Crippen LogP contribution in [-0.2, 0) is 11.3 Å². The van der Waals surface area contributed by atoms with Crippen LogP contribution in [0.2, 0.25) is 0 Å². The summed E-state index contributed by atoms with van der Waals surface area (Å²) in [5.74, 6) is 2.54. The SMILES string of the molecule is COc1cccc(COC2(CBr)CCC(C(C)C)CC2)c1. The van der Waals surface area contributed by atoms with Crippen molar-refractivity contribution in [2.75, 3.05) is 12.4 Å². The van der Waals surface area contributed by atoms with Crippen LogP contribution in [0.1, 0.15) is 45.1 Å². The number of alkyl halides is 1. The molecule has 118 valence electrons. The molecule has 2 rings (SSSR count). The summed E-state index contributed by atoms with van der Waals surface area (Å²) in [4.78, 5) is 0.